The maximum Gasteiger partial charge on any atom is 0.335 e. The van der Waals surface area contributed by atoms with Crippen molar-refractivity contribution in [3.63, 3.8) is 0 Å². The topological polar surface area (TPSA) is 57.5 Å². The van der Waals surface area contributed by atoms with Crippen molar-refractivity contribution in [3.8, 4) is 0 Å². The van der Waals surface area contributed by atoms with Crippen molar-refractivity contribution in [2.45, 2.75) is 10.2 Å². The summed E-state index contributed by atoms with van der Waals surface area (Å²) in [6.07, 6.45) is 0. The molecule has 0 amide bonds. The second kappa shape index (κ2) is 6.98. The molecule has 0 spiro atoms. The smallest absolute Gasteiger partial charge is 0.335 e. The summed E-state index contributed by atoms with van der Waals surface area (Å²) in [7, 11) is 0. The Morgan fingerprint density at radius 3 is 1.93 bits per heavy atom. The molecule has 0 saturated carbocycles. The van der Waals surface area contributed by atoms with Gasteiger partial charge < -0.3 is 10.2 Å². The Bertz CT molecular complexity index is 293. The van der Waals surface area contributed by atoms with Gasteiger partial charge in [0.05, 0.1) is 12.2 Å². The van der Waals surface area contributed by atoms with Gasteiger partial charge in [0.1, 0.15) is 3.23 Å². The van der Waals surface area contributed by atoms with E-state index in [1.807, 2.05) is 6.92 Å². The quantitative estimate of drug-likeness (QED) is 0.814. The molecule has 0 bridgehead atoms. The molecule has 0 atom stereocenters. The van der Waals surface area contributed by atoms with Crippen molar-refractivity contribution in [3.05, 3.63) is 35.9 Å². The van der Waals surface area contributed by atoms with Crippen LogP contribution in [0.1, 0.15) is 17.3 Å². The summed E-state index contributed by atoms with van der Waals surface area (Å²) < 4.78 is -0.278. The average Bonchev–Trinajstić information content (AvgIpc) is 2.19. The minimum atomic E-state index is -0.879. The van der Waals surface area contributed by atoms with Crippen LogP contribution >= 0.6 is 31.9 Å². The fourth-order valence-electron chi connectivity index (χ4n) is 0.581. The number of aliphatic hydroxyl groups excluding tert-OH is 1. The lowest BCUT2D eigenvalue weighted by Crippen LogP contribution is -2.09. The summed E-state index contributed by atoms with van der Waals surface area (Å²) in [4.78, 5) is 10.2. The van der Waals surface area contributed by atoms with Crippen molar-refractivity contribution in [2.75, 3.05) is 6.61 Å². The highest BCUT2D eigenvalue weighted by molar-refractivity contribution is 9.25. The molecule has 0 aliphatic heterocycles. The predicted octanol–water partition coefficient (Wildman–Crippen LogP) is 2.87. The minimum absolute atomic E-state index is 0.104. The zero-order valence-corrected chi connectivity index (χ0v) is 11.3. The Morgan fingerprint density at radius 2 is 1.73 bits per heavy atom. The molecule has 0 radical (unpaired) electrons. The van der Waals surface area contributed by atoms with E-state index in [9.17, 15) is 4.79 Å². The normalized spacial score (nSPS) is 10.1. The molecule has 1 rings (SSSR count). The molecule has 0 aliphatic rings. The van der Waals surface area contributed by atoms with Crippen LogP contribution in [-0.4, -0.2) is 26.0 Å². The number of benzene rings is 1. The summed E-state index contributed by atoms with van der Waals surface area (Å²) >= 11 is 6.29. The highest BCUT2D eigenvalue weighted by Crippen LogP contribution is 2.22. The van der Waals surface area contributed by atoms with Crippen molar-refractivity contribution < 1.29 is 15.0 Å². The number of carboxylic acid groups (broad SMARTS) is 1. The van der Waals surface area contributed by atoms with Crippen molar-refractivity contribution in [1.29, 1.82) is 0 Å². The molecule has 0 unspecified atom stereocenters. The third-order valence-corrected chi connectivity index (χ3v) is 1.80. The first-order valence-corrected chi connectivity index (χ1v) is 5.72. The van der Waals surface area contributed by atoms with Crippen molar-refractivity contribution >= 4 is 37.8 Å². The van der Waals surface area contributed by atoms with E-state index in [-0.39, 0.29) is 9.84 Å². The van der Waals surface area contributed by atoms with Crippen LogP contribution in [0.3, 0.4) is 0 Å². The van der Waals surface area contributed by atoms with Gasteiger partial charge >= 0.3 is 5.97 Å². The average molecular weight is 340 g/mol. The summed E-state index contributed by atoms with van der Waals surface area (Å²) in [5, 5.41) is 16.7. The third-order valence-electron chi connectivity index (χ3n) is 1.30. The van der Waals surface area contributed by atoms with Crippen molar-refractivity contribution in [2.24, 2.45) is 0 Å². The number of halogens is 2. The summed E-state index contributed by atoms with van der Waals surface area (Å²) in [5.41, 5.74) is 0.331. The Labute approximate surface area is 105 Å². The van der Waals surface area contributed by atoms with Crippen LogP contribution in [-0.2, 0) is 0 Å². The van der Waals surface area contributed by atoms with Gasteiger partial charge in [-0.05, 0) is 19.1 Å². The van der Waals surface area contributed by atoms with E-state index in [2.05, 4.69) is 31.9 Å². The van der Waals surface area contributed by atoms with Crippen LogP contribution in [0.2, 0.25) is 0 Å². The molecule has 5 heteroatoms. The Hall–Kier alpha value is -0.390. The first-order valence-electron chi connectivity index (χ1n) is 4.14. The van der Waals surface area contributed by atoms with Crippen LogP contribution in [0.4, 0.5) is 0 Å². The zero-order valence-electron chi connectivity index (χ0n) is 8.15. The number of carboxylic acids is 1. The molecule has 2 N–H and O–H groups in total. The highest BCUT2D eigenvalue weighted by atomic mass is 79.9. The van der Waals surface area contributed by atoms with E-state index >= 15 is 0 Å². The molecule has 0 heterocycles. The van der Waals surface area contributed by atoms with E-state index in [1.54, 1.807) is 30.3 Å². The van der Waals surface area contributed by atoms with E-state index < -0.39 is 5.97 Å². The standard InChI is InChI=1S/C7H6O2.C3H6Br2O/c8-7(9)6-4-2-1-3-5-6;1-3(4,5)2-6/h1-5H,(H,8,9);6H,2H2,1H3. The van der Waals surface area contributed by atoms with Gasteiger partial charge in [0.2, 0.25) is 0 Å². The summed E-state index contributed by atoms with van der Waals surface area (Å²) in [5.74, 6) is -0.879. The maximum absolute atomic E-state index is 10.2. The molecule has 0 saturated heterocycles. The first-order chi connectivity index (χ1) is 6.87. The van der Waals surface area contributed by atoms with E-state index in [1.165, 1.54) is 0 Å². The van der Waals surface area contributed by atoms with Crippen molar-refractivity contribution in [1.82, 2.24) is 0 Å². The summed E-state index contributed by atoms with van der Waals surface area (Å²) in [6, 6.07) is 8.30. The second-order valence-electron chi connectivity index (χ2n) is 2.90. The Morgan fingerprint density at radius 1 is 1.33 bits per heavy atom. The Balaban J connectivity index is 0.000000288. The van der Waals surface area contributed by atoms with Crippen LogP contribution in [0.15, 0.2) is 30.3 Å². The van der Waals surface area contributed by atoms with Crippen LogP contribution < -0.4 is 0 Å². The van der Waals surface area contributed by atoms with Crippen LogP contribution in [0.25, 0.3) is 0 Å². The first kappa shape index (κ1) is 14.6. The maximum atomic E-state index is 10.2. The lowest BCUT2D eigenvalue weighted by atomic mass is 10.2. The molecule has 84 valence electrons. The molecule has 3 nitrogen and oxygen atoms in total. The van der Waals surface area contributed by atoms with E-state index in [0.717, 1.165) is 0 Å². The van der Waals surface area contributed by atoms with Gasteiger partial charge in [0.15, 0.2) is 0 Å². The molecular weight excluding hydrogens is 328 g/mol. The number of hydrogen-bond donors (Lipinski definition) is 2. The van der Waals surface area contributed by atoms with Gasteiger partial charge in [-0.15, -0.1) is 0 Å². The highest BCUT2D eigenvalue weighted by Gasteiger charge is 2.10. The number of aromatic carboxylic acids is 1. The fourth-order valence-corrected chi connectivity index (χ4v) is 0.581. The van der Waals surface area contributed by atoms with Gasteiger partial charge in [0, 0.05) is 0 Å². The number of carbonyl (C=O) groups is 1. The van der Waals surface area contributed by atoms with Gasteiger partial charge in [-0.3, -0.25) is 0 Å². The van der Waals surface area contributed by atoms with Gasteiger partial charge in [-0.1, -0.05) is 50.1 Å². The third kappa shape index (κ3) is 8.59. The monoisotopic (exact) mass is 338 g/mol. The molecule has 0 aliphatic carbocycles. The lowest BCUT2D eigenvalue weighted by molar-refractivity contribution is 0.0697. The van der Waals surface area contributed by atoms with Gasteiger partial charge in [-0.2, -0.15) is 0 Å². The van der Waals surface area contributed by atoms with Gasteiger partial charge in [0.25, 0.3) is 0 Å². The zero-order chi connectivity index (χ0) is 11.9. The predicted molar refractivity (Wildman–Crippen MR) is 66.7 cm³/mol. The fraction of sp³-hybridized carbons (Fsp3) is 0.300. The number of aliphatic hydroxyl groups is 1. The molecule has 1 aromatic rings. The molecule has 0 fully saturated rings. The molecule has 0 aromatic heterocycles. The summed E-state index contributed by atoms with van der Waals surface area (Å²) in [6.45, 7) is 1.93. The molecule has 15 heavy (non-hydrogen) atoms. The SMILES string of the molecule is CC(Br)(Br)CO.O=C(O)c1ccccc1. The number of alkyl halides is 2. The van der Waals surface area contributed by atoms with Crippen LogP contribution in [0.5, 0.6) is 0 Å². The second-order valence-corrected chi connectivity index (χ2v) is 7.46. The van der Waals surface area contributed by atoms with E-state index in [0.29, 0.717) is 5.56 Å². The number of hydrogen-bond acceptors (Lipinski definition) is 2. The molecule has 1 aromatic carbocycles. The lowest BCUT2D eigenvalue weighted by Gasteiger charge is -2.06. The Kier molecular flexibility index (Phi) is 6.80. The largest absolute Gasteiger partial charge is 0.478 e. The van der Waals surface area contributed by atoms with E-state index in [4.69, 9.17) is 10.2 Å². The van der Waals surface area contributed by atoms with Crippen LogP contribution in [0, 0.1) is 0 Å². The number of rotatable bonds is 2. The van der Waals surface area contributed by atoms with Gasteiger partial charge in [-0.25, -0.2) is 4.79 Å². The molecular formula is C10H12Br2O3. The minimum Gasteiger partial charge on any atom is -0.478 e.